The van der Waals surface area contributed by atoms with Crippen molar-refractivity contribution in [3.63, 3.8) is 0 Å². The van der Waals surface area contributed by atoms with Crippen LogP contribution in [0.1, 0.15) is 68.2 Å². The van der Waals surface area contributed by atoms with Gasteiger partial charge in [-0.2, -0.15) is 0 Å². The molecule has 0 amide bonds. The zero-order valence-electron chi connectivity index (χ0n) is 21.7. The van der Waals surface area contributed by atoms with Crippen molar-refractivity contribution in [2.75, 3.05) is 6.61 Å². The van der Waals surface area contributed by atoms with Gasteiger partial charge in [-0.3, -0.25) is 0 Å². The monoisotopic (exact) mass is 480 g/mol. The minimum absolute atomic E-state index is 0.176. The maximum absolute atomic E-state index is 12.6. The Morgan fingerprint density at radius 1 is 0.941 bits per heavy atom. The van der Waals surface area contributed by atoms with Crippen LogP contribution in [-0.4, -0.2) is 35.6 Å². The Hall–Kier alpha value is -3.16. The predicted molar refractivity (Wildman–Crippen MR) is 130 cm³/mol. The second-order valence-corrected chi connectivity index (χ2v) is 8.59. The number of carboxylic acids is 1. The smallest absolute Gasteiger partial charge is 0.379 e. The summed E-state index contributed by atoms with van der Waals surface area (Å²) in [5.41, 5.74) is 0.400. The van der Waals surface area contributed by atoms with Gasteiger partial charge in [-0.15, -0.1) is 0 Å². The molecule has 0 aromatic heterocycles. The molecule has 0 spiro atoms. The number of aliphatic carboxylic acids is 1. The first-order valence-corrected chi connectivity index (χ1v) is 11.2. The van der Waals surface area contributed by atoms with E-state index in [0.717, 1.165) is 6.08 Å². The molecule has 1 atom stereocenters. The molecule has 0 rings (SSSR count). The quantitative estimate of drug-likeness (QED) is 0.172. The van der Waals surface area contributed by atoms with Crippen molar-refractivity contribution in [3.8, 4) is 0 Å². The summed E-state index contributed by atoms with van der Waals surface area (Å²) >= 11 is 0. The van der Waals surface area contributed by atoms with Crippen molar-refractivity contribution >= 4 is 23.9 Å². The Kier molecular flexibility index (Phi) is 16.8. The van der Waals surface area contributed by atoms with Crippen molar-refractivity contribution in [3.05, 3.63) is 48.0 Å². The fourth-order valence-corrected chi connectivity index (χ4v) is 1.99. The molecule has 0 aliphatic carbocycles. The van der Waals surface area contributed by atoms with E-state index >= 15 is 0 Å². The number of carbonyl (C=O) groups excluding carboxylic acids is 3. The van der Waals surface area contributed by atoms with E-state index < -0.39 is 23.9 Å². The fourth-order valence-electron chi connectivity index (χ4n) is 1.99. The summed E-state index contributed by atoms with van der Waals surface area (Å²) < 4.78 is 15.8. The number of ether oxygens (including phenoxy) is 3. The molecule has 0 heterocycles. The first-order valence-electron chi connectivity index (χ1n) is 11.2. The van der Waals surface area contributed by atoms with Crippen molar-refractivity contribution in [2.45, 2.75) is 68.2 Å². The second kappa shape index (κ2) is 17.3. The largest absolute Gasteiger partial charge is 0.478 e. The Bertz CT molecular complexity index is 788. The van der Waals surface area contributed by atoms with Crippen LogP contribution in [0.5, 0.6) is 0 Å². The van der Waals surface area contributed by atoms with Gasteiger partial charge in [0, 0.05) is 17.6 Å². The zero-order valence-corrected chi connectivity index (χ0v) is 21.7. The molecule has 0 aromatic rings. The average Bonchev–Trinajstić information content (AvgIpc) is 2.77. The number of hydrogen-bond acceptors (Lipinski definition) is 7. The highest BCUT2D eigenvalue weighted by Gasteiger charge is 2.25. The molecule has 1 N–H and O–H groups in total. The number of carboxylic acid groups (broad SMARTS) is 1. The molecule has 0 fully saturated rings. The van der Waals surface area contributed by atoms with Crippen LogP contribution >= 0.6 is 0 Å². The van der Waals surface area contributed by atoms with Gasteiger partial charge in [0.1, 0.15) is 5.76 Å². The molecule has 1 unspecified atom stereocenters. The first kappa shape index (κ1) is 33.0. The Balaban J connectivity index is 0. The van der Waals surface area contributed by atoms with Gasteiger partial charge in [0.15, 0.2) is 0 Å². The lowest BCUT2D eigenvalue weighted by Gasteiger charge is -2.18. The minimum atomic E-state index is -0.935. The van der Waals surface area contributed by atoms with Crippen LogP contribution < -0.4 is 0 Å². The summed E-state index contributed by atoms with van der Waals surface area (Å²) in [5, 5.41) is 7.89. The average molecular weight is 481 g/mol. The molecule has 0 saturated carbocycles. The third-order valence-electron chi connectivity index (χ3n) is 4.20. The van der Waals surface area contributed by atoms with Gasteiger partial charge in [-0.1, -0.05) is 54.7 Å². The standard InChI is InChI=1S/C22H34O6.C4H6O2/c1-9-16(7)20(17(8)21(24)26-13-15(5)6)28-22(25)18(12-11-14(3)4)27-19(23)10-2;1-3(2)4(5)6/h10,12,14-16H,2,9,11,13H2,1,3-8H3;1H2,2H3,(H,5,6). The lowest BCUT2D eigenvalue weighted by molar-refractivity contribution is -0.147. The van der Waals surface area contributed by atoms with Crippen molar-refractivity contribution < 1.29 is 38.5 Å². The van der Waals surface area contributed by atoms with Crippen molar-refractivity contribution in [1.82, 2.24) is 0 Å². The van der Waals surface area contributed by atoms with E-state index in [2.05, 4.69) is 13.2 Å². The number of esters is 3. The lowest BCUT2D eigenvalue weighted by Crippen LogP contribution is -2.20. The normalized spacial score (nSPS) is 12.6. The van der Waals surface area contributed by atoms with Crippen LogP contribution in [0.2, 0.25) is 0 Å². The first-order chi connectivity index (χ1) is 15.7. The van der Waals surface area contributed by atoms with Gasteiger partial charge < -0.3 is 19.3 Å². The van der Waals surface area contributed by atoms with E-state index in [4.69, 9.17) is 19.3 Å². The summed E-state index contributed by atoms with van der Waals surface area (Å²) in [6.45, 7) is 21.3. The minimum Gasteiger partial charge on any atom is -0.478 e. The molecule has 0 bridgehead atoms. The van der Waals surface area contributed by atoms with E-state index in [9.17, 15) is 19.2 Å². The van der Waals surface area contributed by atoms with Gasteiger partial charge in [-0.25, -0.2) is 19.2 Å². The summed E-state index contributed by atoms with van der Waals surface area (Å²) in [6.07, 6.45) is 3.65. The molecule has 8 heteroatoms. The van der Waals surface area contributed by atoms with Crippen molar-refractivity contribution in [1.29, 1.82) is 0 Å². The van der Waals surface area contributed by atoms with Crippen molar-refractivity contribution in [2.24, 2.45) is 17.8 Å². The van der Waals surface area contributed by atoms with E-state index in [1.807, 2.05) is 41.5 Å². The van der Waals surface area contributed by atoms with Crippen LogP contribution in [0.3, 0.4) is 0 Å². The molecule has 8 nitrogen and oxygen atoms in total. The van der Waals surface area contributed by atoms with E-state index in [1.54, 1.807) is 6.92 Å². The van der Waals surface area contributed by atoms with Gasteiger partial charge in [-0.05, 0) is 44.6 Å². The van der Waals surface area contributed by atoms with Crippen LogP contribution in [0.4, 0.5) is 0 Å². The van der Waals surface area contributed by atoms with Gasteiger partial charge in [0.05, 0.1) is 12.2 Å². The van der Waals surface area contributed by atoms with E-state index in [1.165, 1.54) is 13.0 Å². The zero-order chi connectivity index (χ0) is 27.0. The molecule has 0 aromatic carbocycles. The van der Waals surface area contributed by atoms with Crippen LogP contribution in [-0.2, 0) is 33.4 Å². The number of allylic oxidation sites excluding steroid dienone is 2. The molecule has 34 heavy (non-hydrogen) atoms. The molecule has 192 valence electrons. The predicted octanol–water partition coefficient (Wildman–Crippen LogP) is 5.36. The molecule has 0 saturated heterocycles. The Morgan fingerprint density at radius 2 is 1.47 bits per heavy atom. The second-order valence-electron chi connectivity index (χ2n) is 8.59. The third-order valence-corrected chi connectivity index (χ3v) is 4.20. The highest BCUT2D eigenvalue weighted by atomic mass is 16.6. The summed E-state index contributed by atoms with van der Waals surface area (Å²) in [5.74, 6) is -2.82. The number of rotatable bonds is 12. The van der Waals surface area contributed by atoms with Gasteiger partial charge in [0.2, 0.25) is 5.76 Å². The van der Waals surface area contributed by atoms with Crippen LogP contribution in [0, 0.1) is 17.8 Å². The molecule has 0 aliphatic rings. The highest BCUT2D eigenvalue weighted by Crippen LogP contribution is 2.23. The number of hydrogen-bond donors (Lipinski definition) is 1. The topological polar surface area (TPSA) is 116 Å². The lowest BCUT2D eigenvalue weighted by atomic mass is 10.0. The molecular formula is C26H40O8. The summed E-state index contributed by atoms with van der Waals surface area (Å²) in [7, 11) is 0. The SMILES string of the molecule is C=C(C)C(=O)O.C=CC(=O)OC(=CCC(C)C)C(=O)OC(=C(C)C(=O)OCC(C)C)C(C)CC. The fraction of sp³-hybridized carbons (Fsp3) is 0.538. The van der Waals surface area contributed by atoms with Gasteiger partial charge >= 0.3 is 23.9 Å². The highest BCUT2D eigenvalue weighted by molar-refractivity contribution is 5.94. The molecule has 0 radical (unpaired) electrons. The van der Waals surface area contributed by atoms with E-state index in [-0.39, 0.29) is 47.0 Å². The van der Waals surface area contributed by atoms with Crippen LogP contribution in [0.15, 0.2) is 48.0 Å². The van der Waals surface area contributed by atoms with Gasteiger partial charge in [0.25, 0.3) is 0 Å². The Morgan fingerprint density at radius 3 is 1.85 bits per heavy atom. The maximum Gasteiger partial charge on any atom is 0.379 e. The molecule has 0 aliphatic heterocycles. The third kappa shape index (κ3) is 14.8. The maximum atomic E-state index is 12.6. The number of carbonyl (C=O) groups is 4. The molecular weight excluding hydrogens is 440 g/mol. The van der Waals surface area contributed by atoms with Crippen LogP contribution in [0.25, 0.3) is 0 Å². The van der Waals surface area contributed by atoms with E-state index in [0.29, 0.717) is 12.8 Å². The summed E-state index contributed by atoms with van der Waals surface area (Å²) in [6, 6.07) is 0. The summed E-state index contributed by atoms with van der Waals surface area (Å²) in [4.78, 5) is 46.1. The Labute approximate surface area is 203 Å².